The number of aryl methyl sites for hydroxylation is 2. The number of nitrogens with one attached hydrogen (secondary N) is 1. The van der Waals surface area contributed by atoms with Gasteiger partial charge in [-0.15, -0.1) is 0 Å². The van der Waals surface area contributed by atoms with Gasteiger partial charge in [-0.05, 0) is 38.3 Å². The number of rotatable bonds is 3. The summed E-state index contributed by atoms with van der Waals surface area (Å²) in [6.45, 7) is 4.81. The minimum absolute atomic E-state index is 0.0155. The third-order valence-electron chi connectivity index (χ3n) is 4.08. The molecule has 2 amide bonds. The number of hydrogen-bond acceptors (Lipinski definition) is 3. The summed E-state index contributed by atoms with van der Waals surface area (Å²) in [5, 5.41) is 6.99. The quantitative estimate of drug-likeness (QED) is 0.934. The molecule has 22 heavy (non-hydrogen) atoms. The van der Waals surface area contributed by atoms with E-state index >= 15 is 0 Å². The number of nitrogens with zero attached hydrogens (tertiary/aromatic N) is 2. The third-order valence-corrected chi connectivity index (χ3v) is 4.08. The molecule has 5 heteroatoms. The maximum Gasteiger partial charge on any atom is 0.322 e. The molecule has 0 radical (unpaired) electrons. The summed E-state index contributed by atoms with van der Waals surface area (Å²) < 4.78 is 5.41. The highest BCUT2D eigenvalue weighted by atomic mass is 16.5. The van der Waals surface area contributed by atoms with Gasteiger partial charge >= 0.3 is 6.03 Å². The molecule has 3 rings (SSSR count). The molecule has 1 saturated heterocycles. The van der Waals surface area contributed by atoms with Gasteiger partial charge in [0.1, 0.15) is 0 Å². The first-order chi connectivity index (χ1) is 10.7. The zero-order valence-corrected chi connectivity index (χ0v) is 13.0. The summed E-state index contributed by atoms with van der Waals surface area (Å²) in [6, 6.07) is 9.67. The molecule has 1 aromatic heterocycles. The average Bonchev–Trinajstić information content (AvgIpc) is 3.17. The lowest BCUT2D eigenvalue weighted by Gasteiger charge is -2.23. The fraction of sp³-hybridized carbons (Fsp3) is 0.412. The molecule has 0 spiro atoms. The van der Waals surface area contributed by atoms with Crippen LogP contribution in [0.1, 0.15) is 42.8 Å². The van der Waals surface area contributed by atoms with Gasteiger partial charge in [0.25, 0.3) is 0 Å². The number of amides is 2. The van der Waals surface area contributed by atoms with Crippen LogP contribution in [-0.4, -0.2) is 22.6 Å². The first-order valence-corrected chi connectivity index (χ1v) is 7.77. The summed E-state index contributed by atoms with van der Waals surface area (Å²) >= 11 is 0. The molecule has 0 saturated carbocycles. The average molecular weight is 299 g/mol. The van der Waals surface area contributed by atoms with Crippen LogP contribution in [0.3, 0.4) is 0 Å². The van der Waals surface area contributed by atoms with Crippen molar-refractivity contribution < 1.29 is 9.32 Å². The molecule has 2 heterocycles. The fourth-order valence-electron chi connectivity index (χ4n) is 2.79. The first-order valence-electron chi connectivity index (χ1n) is 7.77. The van der Waals surface area contributed by atoms with Crippen LogP contribution in [0.5, 0.6) is 0 Å². The highest BCUT2D eigenvalue weighted by Crippen LogP contribution is 2.32. The molecule has 1 aliphatic rings. The minimum Gasteiger partial charge on any atom is -0.359 e. The topological polar surface area (TPSA) is 58.4 Å². The Morgan fingerprint density at radius 3 is 2.86 bits per heavy atom. The van der Waals surface area contributed by atoms with Crippen LogP contribution in [0.4, 0.5) is 10.5 Å². The molecule has 5 nitrogen and oxygen atoms in total. The van der Waals surface area contributed by atoms with Crippen LogP contribution in [0.15, 0.2) is 34.9 Å². The van der Waals surface area contributed by atoms with Gasteiger partial charge in [0.15, 0.2) is 5.76 Å². The number of carbonyl (C=O) groups is 1. The van der Waals surface area contributed by atoms with E-state index in [2.05, 4.69) is 10.5 Å². The van der Waals surface area contributed by atoms with Crippen molar-refractivity contribution in [3.05, 3.63) is 47.3 Å². The summed E-state index contributed by atoms with van der Waals surface area (Å²) in [7, 11) is 0. The molecule has 2 aromatic rings. The number of aromatic nitrogens is 1. The van der Waals surface area contributed by atoms with Crippen LogP contribution in [0.2, 0.25) is 0 Å². The number of hydrogen-bond donors (Lipinski definition) is 1. The Labute approximate surface area is 130 Å². The van der Waals surface area contributed by atoms with E-state index in [9.17, 15) is 4.79 Å². The van der Waals surface area contributed by atoms with Gasteiger partial charge < -0.3 is 14.7 Å². The normalized spacial score (nSPS) is 17.7. The predicted molar refractivity (Wildman–Crippen MR) is 84.8 cm³/mol. The number of carbonyl (C=O) groups excluding carboxylic acids is 1. The van der Waals surface area contributed by atoms with E-state index in [0.29, 0.717) is 0 Å². The van der Waals surface area contributed by atoms with E-state index in [0.717, 1.165) is 42.9 Å². The molecule has 1 aromatic carbocycles. The molecule has 1 fully saturated rings. The van der Waals surface area contributed by atoms with E-state index in [1.54, 1.807) is 0 Å². The second kappa shape index (κ2) is 6.22. The van der Waals surface area contributed by atoms with Gasteiger partial charge in [-0.25, -0.2) is 4.79 Å². The number of anilines is 1. The zero-order chi connectivity index (χ0) is 15.5. The molecule has 1 unspecified atom stereocenters. The Hall–Kier alpha value is -2.30. The van der Waals surface area contributed by atoms with Crippen molar-refractivity contribution in [1.29, 1.82) is 0 Å². The lowest BCUT2D eigenvalue weighted by Crippen LogP contribution is -2.34. The van der Waals surface area contributed by atoms with Gasteiger partial charge in [0, 0.05) is 18.3 Å². The van der Waals surface area contributed by atoms with Crippen molar-refractivity contribution in [3.8, 4) is 0 Å². The molecule has 0 aliphatic carbocycles. The number of likely N-dealkylation sites (tertiary alicyclic amines) is 1. The van der Waals surface area contributed by atoms with Crippen LogP contribution in [0, 0.1) is 6.92 Å². The van der Waals surface area contributed by atoms with E-state index in [1.165, 1.54) is 5.56 Å². The summed E-state index contributed by atoms with van der Waals surface area (Å²) in [5.74, 6) is 0.786. The van der Waals surface area contributed by atoms with Gasteiger partial charge in [0.2, 0.25) is 0 Å². The van der Waals surface area contributed by atoms with Crippen LogP contribution in [0.25, 0.3) is 0 Å². The van der Waals surface area contributed by atoms with Gasteiger partial charge in [-0.2, -0.15) is 0 Å². The van der Waals surface area contributed by atoms with E-state index < -0.39 is 0 Å². The van der Waals surface area contributed by atoms with Gasteiger partial charge in [-0.1, -0.05) is 29.8 Å². The summed E-state index contributed by atoms with van der Waals surface area (Å²) in [6.07, 6.45) is 2.74. The number of benzene rings is 1. The van der Waals surface area contributed by atoms with E-state index in [-0.39, 0.29) is 12.1 Å². The molecule has 1 N–H and O–H groups in total. The first kappa shape index (κ1) is 14.6. The van der Waals surface area contributed by atoms with Crippen molar-refractivity contribution in [3.63, 3.8) is 0 Å². The smallest absolute Gasteiger partial charge is 0.322 e. The standard InChI is InChI=1S/C17H21N3O2/c1-3-13-11-16(22-19-13)15-5-4-10-20(15)17(21)18-14-8-6-12(2)7-9-14/h6-9,11,15H,3-5,10H2,1-2H3,(H,18,21). The molecule has 1 aliphatic heterocycles. The van der Waals surface area contributed by atoms with E-state index in [1.807, 2.05) is 49.1 Å². The Morgan fingerprint density at radius 2 is 2.18 bits per heavy atom. The minimum atomic E-state index is -0.0826. The molecular formula is C17H21N3O2. The molecule has 116 valence electrons. The predicted octanol–water partition coefficient (Wildman–Crippen LogP) is 3.91. The Morgan fingerprint density at radius 1 is 1.41 bits per heavy atom. The SMILES string of the molecule is CCc1cc(C2CCCN2C(=O)Nc2ccc(C)cc2)on1. The highest BCUT2D eigenvalue weighted by molar-refractivity contribution is 5.89. The molecule has 1 atom stereocenters. The van der Waals surface area contributed by atoms with Gasteiger partial charge in [0.05, 0.1) is 11.7 Å². The Balaban J connectivity index is 1.72. The lowest BCUT2D eigenvalue weighted by atomic mass is 10.1. The van der Waals surface area contributed by atoms with Crippen LogP contribution in [-0.2, 0) is 6.42 Å². The fourth-order valence-corrected chi connectivity index (χ4v) is 2.79. The van der Waals surface area contributed by atoms with Crippen LogP contribution < -0.4 is 5.32 Å². The van der Waals surface area contributed by atoms with Crippen molar-refractivity contribution in [2.75, 3.05) is 11.9 Å². The Kier molecular flexibility index (Phi) is 4.13. The maximum atomic E-state index is 12.5. The van der Waals surface area contributed by atoms with Crippen molar-refractivity contribution >= 4 is 11.7 Å². The molecule has 0 bridgehead atoms. The monoisotopic (exact) mass is 299 g/mol. The van der Waals surface area contributed by atoms with Crippen molar-refractivity contribution in [1.82, 2.24) is 10.1 Å². The zero-order valence-electron chi connectivity index (χ0n) is 13.0. The van der Waals surface area contributed by atoms with Gasteiger partial charge in [-0.3, -0.25) is 0 Å². The maximum absolute atomic E-state index is 12.5. The summed E-state index contributed by atoms with van der Waals surface area (Å²) in [4.78, 5) is 14.3. The Bertz CT molecular complexity index is 648. The molecular weight excluding hydrogens is 278 g/mol. The number of urea groups is 1. The van der Waals surface area contributed by atoms with E-state index in [4.69, 9.17) is 4.52 Å². The van der Waals surface area contributed by atoms with Crippen molar-refractivity contribution in [2.45, 2.75) is 39.2 Å². The highest BCUT2D eigenvalue weighted by Gasteiger charge is 2.32. The second-order valence-corrected chi connectivity index (χ2v) is 5.72. The third kappa shape index (κ3) is 2.98. The summed E-state index contributed by atoms with van der Waals surface area (Å²) in [5.41, 5.74) is 2.92. The van der Waals surface area contributed by atoms with Crippen LogP contribution >= 0.6 is 0 Å². The largest absolute Gasteiger partial charge is 0.359 e. The lowest BCUT2D eigenvalue weighted by molar-refractivity contribution is 0.195. The second-order valence-electron chi connectivity index (χ2n) is 5.72. The van der Waals surface area contributed by atoms with Crippen molar-refractivity contribution in [2.24, 2.45) is 0 Å².